The van der Waals surface area contributed by atoms with Crippen molar-refractivity contribution in [2.75, 3.05) is 0 Å². The third kappa shape index (κ3) is 2.01. The Balaban J connectivity index is 2.15. The van der Waals surface area contributed by atoms with E-state index in [0.717, 1.165) is 12.1 Å². The molecule has 20 heavy (non-hydrogen) atoms. The second kappa shape index (κ2) is 4.41. The summed E-state index contributed by atoms with van der Waals surface area (Å²) in [6, 6.07) is 7.17. The van der Waals surface area contributed by atoms with E-state index in [1.165, 1.54) is 24.3 Å². The summed E-state index contributed by atoms with van der Waals surface area (Å²) in [5, 5.41) is 8.88. The maximum atomic E-state index is 13.6. The lowest BCUT2D eigenvalue weighted by atomic mass is 10.2. The van der Waals surface area contributed by atoms with Gasteiger partial charge in [-0.3, -0.25) is 0 Å². The van der Waals surface area contributed by atoms with Crippen molar-refractivity contribution in [1.82, 2.24) is 4.98 Å². The van der Waals surface area contributed by atoms with Crippen molar-refractivity contribution in [1.29, 1.82) is 0 Å². The molecule has 4 nitrogen and oxygen atoms in total. The van der Waals surface area contributed by atoms with Crippen molar-refractivity contribution in [2.24, 2.45) is 0 Å². The third-order valence-corrected chi connectivity index (χ3v) is 2.80. The van der Waals surface area contributed by atoms with Gasteiger partial charge < -0.3 is 9.52 Å². The molecular formula is C14H7F2NO3. The minimum atomic E-state index is -1.09. The predicted molar refractivity (Wildman–Crippen MR) is 66.3 cm³/mol. The highest BCUT2D eigenvalue weighted by Crippen LogP contribution is 2.27. The molecule has 6 heteroatoms. The number of rotatable bonds is 2. The number of carbonyl (C=O) groups is 1. The minimum Gasteiger partial charge on any atom is -0.478 e. The molecule has 1 heterocycles. The van der Waals surface area contributed by atoms with Gasteiger partial charge in [-0.15, -0.1) is 0 Å². The average Bonchev–Trinajstić information content (AvgIpc) is 2.80. The van der Waals surface area contributed by atoms with Crippen LogP contribution in [-0.4, -0.2) is 16.1 Å². The van der Waals surface area contributed by atoms with Gasteiger partial charge in [0.15, 0.2) is 5.58 Å². The highest BCUT2D eigenvalue weighted by atomic mass is 19.1. The fraction of sp³-hybridized carbons (Fsp3) is 0. The number of nitrogens with zero attached hydrogens (tertiary/aromatic N) is 1. The van der Waals surface area contributed by atoms with E-state index < -0.39 is 17.6 Å². The normalized spacial score (nSPS) is 10.9. The number of benzene rings is 2. The number of fused-ring (bicyclic) bond motifs is 1. The van der Waals surface area contributed by atoms with Gasteiger partial charge in [0.2, 0.25) is 5.89 Å². The van der Waals surface area contributed by atoms with Gasteiger partial charge in [-0.1, -0.05) is 0 Å². The number of halogens is 2. The molecule has 1 N–H and O–H groups in total. The zero-order chi connectivity index (χ0) is 14.3. The largest absolute Gasteiger partial charge is 0.478 e. The first-order chi connectivity index (χ1) is 9.54. The van der Waals surface area contributed by atoms with Crippen molar-refractivity contribution < 1.29 is 23.1 Å². The Bertz CT molecular complexity index is 826. The van der Waals surface area contributed by atoms with E-state index in [2.05, 4.69) is 4.98 Å². The highest BCUT2D eigenvalue weighted by Gasteiger charge is 2.14. The smallest absolute Gasteiger partial charge is 0.335 e. The lowest BCUT2D eigenvalue weighted by Gasteiger charge is -1.97. The van der Waals surface area contributed by atoms with Crippen LogP contribution in [0, 0.1) is 11.6 Å². The maximum absolute atomic E-state index is 13.6. The molecule has 100 valence electrons. The summed E-state index contributed by atoms with van der Waals surface area (Å²) in [4.78, 5) is 14.9. The average molecular weight is 275 g/mol. The predicted octanol–water partition coefficient (Wildman–Crippen LogP) is 3.47. The lowest BCUT2D eigenvalue weighted by molar-refractivity contribution is 0.0697. The summed E-state index contributed by atoms with van der Waals surface area (Å²) in [6.45, 7) is 0. The van der Waals surface area contributed by atoms with E-state index in [-0.39, 0.29) is 17.0 Å². The van der Waals surface area contributed by atoms with Crippen molar-refractivity contribution in [3.63, 3.8) is 0 Å². The Morgan fingerprint density at radius 1 is 1.15 bits per heavy atom. The molecule has 0 amide bonds. The second-order valence-corrected chi connectivity index (χ2v) is 4.13. The van der Waals surface area contributed by atoms with Crippen LogP contribution in [0.5, 0.6) is 0 Å². The molecule has 3 aromatic rings. The van der Waals surface area contributed by atoms with Gasteiger partial charge in [0.25, 0.3) is 0 Å². The van der Waals surface area contributed by atoms with Gasteiger partial charge >= 0.3 is 5.97 Å². The zero-order valence-corrected chi connectivity index (χ0v) is 9.93. The SMILES string of the molecule is O=C(O)c1ccc2oc(-c3ccc(F)cc3F)nc2c1. The van der Waals surface area contributed by atoms with Gasteiger partial charge in [-0.05, 0) is 30.3 Å². The van der Waals surface area contributed by atoms with Crippen LogP contribution >= 0.6 is 0 Å². The Labute approximate surface area is 111 Å². The minimum absolute atomic E-state index is 0.0134. The van der Waals surface area contributed by atoms with Crippen LogP contribution in [0.2, 0.25) is 0 Å². The molecule has 0 aliphatic rings. The van der Waals surface area contributed by atoms with E-state index in [0.29, 0.717) is 11.1 Å². The van der Waals surface area contributed by atoms with E-state index >= 15 is 0 Å². The van der Waals surface area contributed by atoms with Gasteiger partial charge in [0, 0.05) is 6.07 Å². The van der Waals surface area contributed by atoms with E-state index in [1.807, 2.05) is 0 Å². The summed E-state index contributed by atoms with van der Waals surface area (Å²) < 4.78 is 31.8. The van der Waals surface area contributed by atoms with Gasteiger partial charge in [0.05, 0.1) is 11.1 Å². The fourth-order valence-electron chi connectivity index (χ4n) is 1.84. The van der Waals surface area contributed by atoms with Crippen LogP contribution in [-0.2, 0) is 0 Å². The van der Waals surface area contributed by atoms with Gasteiger partial charge in [-0.25, -0.2) is 18.6 Å². The fourth-order valence-corrected chi connectivity index (χ4v) is 1.84. The molecule has 2 aromatic carbocycles. The monoisotopic (exact) mass is 275 g/mol. The molecule has 0 radical (unpaired) electrons. The quantitative estimate of drug-likeness (QED) is 0.777. The number of aromatic nitrogens is 1. The summed E-state index contributed by atoms with van der Waals surface area (Å²) >= 11 is 0. The van der Waals surface area contributed by atoms with Crippen LogP contribution in [0.25, 0.3) is 22.6 Å². The van der Waals surface area contributed by atoms with Gasteiger partial charge in [-0.2, -0.15) is 0 Å². The number of carboxylic acid groups (broad SMARTS) is 1. The summed E-state index contributed by atoms with van der Waals surface area (Å²) in [6.07, 6.45) is 0. The van der Waals surface area contributed by atoms with Crippen molar-refractivity contribution >= 4 is 17.1 Å². The standard InChI is InChI=1S/C14H7F2NO3/c15-8-2-3-9(10(16)6-8)13-17-11-5-7(14(18)19)1-4-12(11)20-13/h1-6H,(H,18,19). The number of aromatic carboxylic acids is 1. The van der Waals surface area contributed by atoms with E-state index in [1.54, 1.807) is 0 Å². The highest BCUT2D eigenvalue weighted by molar-refractivity contribution is 5.92. The van der Waals surface area contributed by atoms with Crippen LogP contribution < -0.4 is 0 Å². The Hall–Kier alpha value is -2.76. The number of oxazole rings is 1. The zero-order valence-electron chi connectivity index (χ0n) is 9.93. The first-order valence-electron chi connectivity index (χ1n) is 5.64. The summed E-state index contributed by atoms with van der Waals surface area (Å²) in [5.41, 5.74) is 0.689. The molecule has 0 aliphatic carbocycles. The topological polar surface area (TPSA) is 63.3 Å². The summed E-state index contributed by atoms with van der Waals surface area (Å²) in [7, 11) is 0. The van der Waals surface area contributed by atoms with Crippen molar-refractivity contribution in [2.45, 2.75) is 0 Å². The number of hydrogen-bond donors (Lipinski definition) is 1. The molecule has 3 rings (SSSR count). The lowest BCUT2D eigenvalue weighted by Crippen LogP contribution is -1.94. The van der Waals surface area contributed by atoms with Crippen molar-refractivity contribution in [3.05, 3.63) is 53.6 Å². The van der Waals surface area contributed by atoms with Crippen molar-refractivity contribution in [3.8, 4) is 11.5 Å². The first kappa shape index (κ1) is 12.3. The molecule has 0 atom stereocenters. The second-order valence-electron chi connectivity index (χ2n) is 4.13. The first-order valence-corrected chi connectivity index (χ1v) is 5.64. The Morgan fingerprint density at radius 2 is 1.95 bits per heavy atom. The van der Waals surface area contributed by atoms with E-state index in [9.17, 15) is 13.6 Å². The molecule has 1 aromatic heterocycles. The maximum Gasteiger partial charge on any atom is 0.335 e. The Morgan fingerprint density at radius 3 is 2.65 bits per heavy atom. The number of hydrogen-bond acceptors (Lipinski definition) is 3. The molecule has 0 bridgehead atoms. The molecular weight excluding hydrogens is 268 g/mol. The molecule has 0 spiro atoms. The molecule has 0 saturated carbocycles. The molecule has 0 unspecified atom stereocenters. The van der Waals surface area contributed by atoms with Gasteiger partial charge in [0.1, 0.15) is 17.2 Å². The van der Waals surface area contributed by atoms with Crippen LogP contribution in [0.4, 0.5) is 8.78 Å². The summed E-state index contributed by atoms with van der Waals surface area (Å²) in [5.74, 6) is -2.62. The van der Waals surface area contributed by atoms with E-state index in [4.69, 9.17) is 9.52 Å². The van der Waals surface area contributed by atoms with Crippen LogP contribution in [0.3, 0.4) is 0 Å². The molecule has 0 saturated heterocycles. The van der Waals surface area contributed by atoms with Crippen LogP contribution in [0.1, 0.15) is 10.4 Å². The number of carboxylic acids is 1. The third-order valence-electron chi connectivity index (χ3n) is 2.80. The molecule has 0 aliphatic heterocycles. The van der Waals surface area contributed by atoms with Crippen LogP contribution in [0.15, 0.2) is 40.8 Å². The molecule has 0 fully saturated rings. The Kier molecular flexibility index (Phi) is 2.71.